The van der Waals surface area contributed by atoms with E-state index in [1.54, 1.807) is 12.1 Å². The first-order valence-electron chi connectivity index (χ1n) is 5.88. The number of ether oxygens (including phenoxy) is 1. The van der Waals surface area contributed by atoms with E-state index in [1.807, 2.05) is 13.8 Å². The molecule has 0 spiro atoms. The number of benzene rings is 1. The lowest BCUT2D eigenvalue weighted by Gasteiger charge is -2.15. The summed E-state index contributed by atoms with van der Waals surface area (Å²) in [6, 6.07) is 6.07. The van der Waals surface area contributed by atoms with Crippen LogP contribution in [0.1, 0.15) is 25.8 Å². The fourth-order valence-electron chi connectivity index (χ4n) is 1.56. The smallest absolute Gasteiger partial charge is 0.406 e. The van der Waals surface area contributed by atoms with Crippen molar-refractivity contribution in [3.63, 3.8) is 0 Å². The Labute approximate surface area is 105 Å². The number of halogens is 3. The average molecular weight is 261 g/mol. The van der Waals surface area contributed by atoms with Crippen molar-refractivity contribution >= 4 is 0 Å². The molecule has 1 aromatic rings. The van der Waals surface area contributed by atoms with Crippen molar-refractivity contribution in [3.8, 4) is 5.75 Å². The van der Waals surface area contributed by atoms with Gasteiger partial charge in [0.25, 0.3) is 0 Å². The Morgan fingerprint density at radius 3 is 2.50 bits per heavy atom. The van der Waals surface area contributed by atoms with E-state index in [1.165, 1.54) is 12.1 Å². The molecule has 0 radical (unpaired) electrons. The maximum absolute atomic E-state index is 12.1. The maximum Gasteiger partial charge on any atom is 0.573 e. The number of hydrogen-bond donors (Lipinski definition) is 1. The van der Waals surface area contributed by atoms with Crippen LogP contribution in [0.15, 0.2) is 24.3 Å². The maximum atomic E-state index is 12.1. The average Bonchev–Trinajstić information content (AvgIpc) is 2.23. The molecule has 0 aromatic heterocycles. The second-order valence-corrected chi connectivity index (χ2v) is 4.64. The molecule has 5 heteroatoms. The molecule has 0 heterocycles. The van der Waals surface area contributed by atoms with Gasteiger partial charge in [-0.1, -0.05) is 26.0 Å². The molecule has 1 atom stereocenters. The van der Waals surface area contributed by atoms with Crippen LogP contribution >= 0.6 is 0 Å². The highest BCUT2D eigenvalue weighted by Crippen LogP contribution is 2.24. The standard InChI is InChI=1S/C13H18F3NO/c1-9(2)12(17)7-6-10-4-3-5-11(8-10)18-13(14,15)16/h3-5,8-9,12H,6-7,17H2,1-2H3. The molecular formula is C13H18F3NO. The predicted molar refractivity (Wildman–Crippen MR) is 64.3 cm³/mol. The van der Waals surface area contributed by atoms with E-state index < -0.39 is 6.36 Å². The highest BCUT2D eigenvalue weighted by Gasteiger charge is 2.31. The van der Waals surface area contributed by atoms with Crippen molar-refractivity contribution in [1.29, 1.82) is 0 Å². The summed E-state index contributed by atoms with van der Waals surface area (Å²) in [5.41, 5.74) is 6.69. The Bertz CT molecular complexity index is 377. The zero-order valence-corrected chi connectivity index (χ0v) is 10.5. The van der Waals surface area contributed by atoms with E-state index >= 15 is 0 Å². The lowest BCUT2D eigenvalue weighted by atomic mass is 9.97. The molecule has 2 nitrogen and oxygen atoms in total. The van der Waals surface area contributed by atoms with Crippen molar-refractivity contribution in [1.82, 2.24) is 0 Å². The molecule has 1 unspecified atom stereocenters. The van der Waals surface area contributed by atoms with E-state index in [2.05, 4.69) is 4.74 Å². The molecule has 0 amide bonds. The first-order valence-corrected chi connectivity index (χ1v) is 5.88. The summed E-state index contributed by atoms with van der Waals surface area (Å²) in [6.45, 7) is 4.04. The molecule has 0 aliphatic rings. The minimum atomic E-state index is -4.65. The highest BCUT2D eigenvalue weighted by molar-refractivity contribution is 5.28. The molecule has 0 fully saturated rings. The summed E-state index contributed by atoms with van der Waals surface area (Å²) >= 11 is 0. The SMILES string of the molecule is CC(C)C(N)CCc1cccc(OC(F)(F)F)c1. The van der Waals surface area contributed by atoms with Gasteiger partial charge < -0.3 is 10.5 Å². The number of rotatable bonds is 5. The minimum absolute atomic E-state index is 0.0530. The van der Waals surface area contributed by atoms with Crippen molar-refractivity contribution in [2.24, 2.45) is 11.7 Å². The van der Waals surface area contributed by atoms with Crippen LogP contribution in [0.3, 0.4) is 0 Å². The Morgan fingerprint density at radius 1 is 1.28 bits per heavy atom. The van der Waals surface area contributed by atoms with Crippen molar-refractivity contribution in [2.75, 3.05) is 0 Å². The largest absolute Gasteiger partial charge is 0.573 e. The number of aryl methyl sites for hydroxylation is 1. The van der Waals surface area contributed by atoms with Gasteiger partial charge in [0, 0.05) is 6.04 Å². The predicted octanol–water partition coefficient (Wildman–Crippen LogP) is 3.50. The monoisotopic (exact) mass is 261 g/mol. The number of hydrogen-bond acceptors (Lipinski definition) is 2. The summed E-state index contributed by atoms with van der Waals surface area (Å²) in [5, 5.41) is 0. The van der Waals surface area contributed by atoms with Gasteiger partial charge in [-0.3, -0.25) is 0 Å². The number of nitrogens with two attached hydrogens (primary N) is 1. The van der Waals surface area contributed by atoms with Crippen LogP contribution in [-0.2, 0) is 6.42 Å². The molecule has 2 N–H and O–H groups in total. The molecule has 1 aromatic carbocycles. The zero-order valence-electron chi connectivity index (χ0n) is 10.5. The van der Waals surface area contributed by atoms with Crippen LogP contribution in [0.2, 0.25) is 0 Å². The minimum Gasteiger partial charge on any atom is -0.406 e. The molecule has 0 aliphatic heterocycles. The molecule has 0 bridgehead atoms. The molecule has 18 heavy (non-hydrogen) atoms. The highest BCUT2D eigenvalue weighted by atomic mass is 19.4. The summed E-state index contributed by atoms with van der Waals surface area (Å²) in [5.74, 6) is 0.178. The van der Waals surface area contributed by atoms with E-state index in [0.29, 0.717) is 12.3 Å². The van der Waals surface area contributed by atoms with Crippen LogP contribution in [-0.4, -0.2) is 12.4 Å². The van der Waals surface area contributed by atoms with Crippen molar-refractivity contribution in [2.45, 2.75) is 39.1 Å². The molecule has 1 rings (SSSR count). The topological polar surface area (TPSA) is 35.2 Å². The molecule has 102 valence electrons. The molecule has 0 aliphatic carbocycles. The van der Waals surface area contributed by atoms with Gasteiger partial charge in [-0.2, -0.15) is 0 Å². The number of alkyl halides is 3. The Balaban J connectivity index is 2.60. The third kappa shape index (κ3) is 5.40. The van der Waals surface area contributed by atoms with Gasteiger partial charge in [-0.15, -0.1) is 13.2 Å². The third-order valence-corrected chi connectivity index (χ3v) is 2.75. The summed E-state index contributed by atoms with van der Waals surface area (Å²) in [7, 11) is 0. The van der Waals surface area contributed by atoms with Gasteiger partial charge in [-0.25, -0.2) is 0 Å². The van der Waals surface area contributed by atoms with Gasteiger partial charge in [0.05, 0.1) is 0 Å². The summed E-state index contributed by atoms with van der Waals surface area (Å²) in [6.07, 6.45) is -3.26. The summed E-state index contributed by atoms with van der Waals surface area (Å²) < 4.78 is 40.0. The quantitative estimate of drug-likeness (QED) is 0.880. The van der Waals surface area contributed by atoms with Crippen LogP contribution in [0.25, 0.3) is 0 Å². The molecular weight excluding hydrogens is 243 g/mol. The van der Waals surface area contributed by atoms with E-state index in [0.717, 1.165) is 12.0 Å². The lowest BCUT2D eigenvalue weighted by molar-refractivity contribution is -0.274. The second kappa shape index (κ2) is 6.09. The van der Waals surface area contributed by atoms with Crippen LogP contribution in [0.5, 0.6) is 5.75 Å². The third-order valence-electron chi connectivity index (χ3n) is 2.75. The van der Waals surface area contributed by atoms with E-state index in [9.17, 15) is 13.2 Å². The van der Waals surface area contributed by atoms with Crippen LogP contribution in [0.4, 0.5) is 13.2 Å². The fourth-order valence-corrected chi connectivity index (χ4v) is 1.56. The summed E-state index contributed by atoms with van der Waals surface area (Å²) in [4.78, 5) is 0. The van der Waals surface area contributed by atoms with Crippen LogP contribution < -0.4 is 10.5 Å². The van der Waals surface area contributed by atoms with Gasteiger partial charge in [-0.05, 0) is 36.5 Å². The lowest BCUT2D eigenvalue weighted by Crippen LogP contribution is -2.26. The van der Waals surface area contributed by atoms with Crippen LogP contribution in [0, 0.1) is 5.92 Å². The molecule has 0 saturated carbocycles. The molecule has 0 saturated heterocycles. The Kier molecular flexibility index (Phi) is 5.02. The van der Waals surface area contributed by atoms with Crippen molar-refractivity contribution in [3.05, 3.63) is 29.8 Å². The Hall–Kier alpha value is -1.23. The van der Waals surface area contributed by atoms with Gasteiger partial charge in [0.1, 0.15) is 5.75 Å². The van der Waals surface area contributed by atoms with Gasteiger partial charge in [0.2, 0.25) is 0 Å². The Morgan fingerprint density at radius 2 is 1.94 bits per heavy atom. The second-order valence-electron chi connectivity index (χ2n) is 4.64. The van der Waals surface area contributed by atoms with Crippen molar-refractivity contribution < 1.29 is 17.9 Å². The van der Waals surface area contributed by atoms with E-state index in [-0.39, 0.29) is 11.8 Å². The first-order chi connectivity index (χ1) is 8.28. The first kappa shape index (κ1) is 14.8. The van der Waals surface area contributed by atoms with Gasteiger partial charge in [0.15, 0.2) is 0 Å². The van der Waals surface area contributed by atoms with Gasteiger partial charge >= 0.3 is 6.36 Å². The van der Waals surface area contributed by atoms with E-state index in [4.69, 9.17) is 5.73 Å². The fraction of sp³-hybridized carbons (Fsp3) is 0.538. The normalized spacial score (nSPS) is 13.7. The zero-order chi connectivity index (χ0) is 13.8.